The number of carboxylic acids is 1. The Kier molecular flexibility index (Phi) is 7.75. The number of alkyl halides is 1. The molecule has 0 aliphatic carbocycles. The molecule has 23 heavy (non-hydrogen) atoms. The molecule has 0 bridgehead atoms. The Balaban J connectivity index is 2.28. The lowest BCUT2D eigenvalue weighted by atomic mass is 10.2. The molecule has 1 saturated heterocycles. The molecular formula is C16H28FNO5. The average molecular weight is 333 g/mol. The van der Waals surface area contributed by atoms with Crippen molar-refractivity contribution in [2.45, 2.75) is 70.7 Å². The maximum Gasteiger partial charge on any atom is 0.410 e. The highest BCUT2D eigenvalue weighted by Gasteiger charge is 2.37. The molecule has 0 spiro atoms. The number of carbonyl (C=O) groups is 2. The van der Waals surface area contributed by atoms with E-state index in [4.69, 9.17) is 14.6 Å². The standard InChI is InChI=1S/C16H28FNO5/c1-16(2,3)23-15(21)18-10-12(17)9-13(18)11-22-8-6-4-5-7-14(19)20/h12-13H,4-11H2,1-3H3,(H,19,20)/t12-,13-/m0/s1. The van der Waals surface area contributed by atoms with Crippen LogP contribution < -0.4 is 0 Å². The number of hydrogen-bond donors (Lipinski definition) is 1. The number of halogens is 1. The normalized spacial score (nSPS) is 21.5. The first kappa shape index (κ1) is 19.7. The monoisotopic (exact) mass is 333 g/mol. The molecular weight excluding hydrogens is 305 g/mol. The summed E-state index contributed by atoms with van der Waals surface area (Å²) in [5.41, 5.74) is -0.610. The molecule has 6 nitrogen and oxygen atoms in total. The Morgan fingerprint density at radius 3 is 2.57 bits per heavy atom. The fourth-order valence-corrected chi connectivity index (χ4v) is 2.44. The van der Waals surface area contributed by atoms with Gasteiger partial charge in [0.2, 0.25) is 0 Å². The summed E-state index contributed by atoms with van der Waals surface area (Å²) in [6, 6.07) is -0.307. The molecule has 2 atom stereocenters. The van der Waals surface area contributed by atoms with E-state index in [1.165, 1.54) is 4.90 Å². The number of carboxylic acid groups (broad SMARTS) is 1. The summed E-state index contributed by atoms with van der Waals surface area (Å²) in [4.78, 5) is 23.9. The second-order valence-electron chi connectivity index (χ2n) is 6.90. The zero-order valence-corrected chi connectivity index (χ0v) is 14.2. The highest BCUT2D eigenvalue weighted by Crippen LogP contribution is 2.23. The van der Waals surface area contributed by atoms with Crippen molar-refractivity contribution in [3.05, 3.63) is 0 Å². The van der Waals surface area contributed by atoms with E-state index in [9.17, 15) is 14.0 Å². The van der Waals surface area contributed by atoms with Gasteiger partial charge in [-0.05, 0) is 33.6 Å². The van der Waals surface area contributed by atoms with E-state index < -0.39 is 23.8 Å². The number of unbranched alkanes of at least 4 members (excludes halogenated alkanes) is 2. The minimum Gasteiger partial charge on any atom is -0.481 e. The zero-order valence-electron chi connectivity index (χ0n) is 14.2. The van der Waals surface area contributed by atoms with Gasteiger partial charge in [-0.15, -0.1) is 0 Å². The molecule has 1 aliphatic rings. The molecule has 0 aromatic carbocycles. The van der Waals surface area contributed by atoms with Gasteiger partial charge < -0.3 is 14.6 Å². The molecule has 1 aliphatic heterocycles. The van der Waals surface area contributed by atoms with Crippen LogP contribution in [0.5, 0.6) is 0 Å². The number of rotatable bonds is 8. The van der Waals surface area contributed by atoms with Gasteiger partial charge in [-0.1, -0.05) is 6.42 Å². The van der Waals surface area contributed by atoms with E-state index in [0.717, 1.165) is 12.8 Å². The number of ether oxygens (including phenoxy) is 2. The number of carbonyl (C=O) groups excluding carboxylic acids is 1. The number of aliphatic carboxylic acids is 1. The van der Waals surface area contributed by atoms with Gasteiger partial charge in [-0.25, -0.2) is 9.18 Å². The fraction of sp³-hybridized carbons (Fsp3) is 0.875. The van der Waals surface area contributed by atoms with E-state index in [1.807, 2.05) is 0 Å². The van der Waals surface area contributed by atoms with Crippen LogP contribution in [0.1, 0.15) is 52.9 Å². The van der Waals surface area contributed by atoms with Gasteiger partial charge in [0.15, 0.2) is 0 Å². The molecule has 1 fully saturated rings. The summed E-state index contributed by atoms with van der Waals surface area (Å²) in [6.45, 7) is 6.12. The van der Waals surface area contributed by atoms with Crippen molar-refractivity contribution in [1.82, 2.24) is 4.90 Å². The van der Waals surface area contributed by atoms with E-state index in [2.05, 4.69) is 0 Å². The lowest BCUT2D eigenvalue weighted by molar-refractivity contribution is -0.137. The lowest BCUT2D eigenvalue weighted by Crippen LogP contribution is -2.42. The van der Waals surface area contributed by atoms with Crippen molar-refractivity contribution in [2.24, 2.45) is 0 Å². The van der Waals surface area contributed by atoms with Crippen molar-refractivity contribution in [3.63, 3.8) is 0 Å². The van der Waals surface area contributed by atoms with Gasteiger partial charge in [0.05, 0.1) is 19.2 Å². The third-order valence-corrected chi connectivity index (χ3v) is 3.48. The molecule has 1 rings (SSSR count). The molecule has 1 amide bonds. The molecule has 0 radical (unpaired) electrons. The van der Waals surface area contributed by atoms with Gasteiger partial charge in [0, 0.05) is 19.4 Å². The zero-order chi connectivity index (χ0) is 17.5. The van der Waals surface area contributed by atoms with Crippen molar-refractivity contribution < 1.29 is 28.6 Å². The van der Waals surface area contributed by atoms with Crippen LogP contribution in [0, 0.1) is 0 Å². The van der Waals surface area contributed by atoms with Crippen molar-refractivity contribution in [3.8, 4) is 0 Å². The Morgan fingerprint density at radius 1 is 1.26 bits per heavy atom. The molecule has 7 heteroatoms. The fourth-order valence-electron chi connectivity index (χ4n) is 2.44. The highest BCUT2D eigenvalue weighted by molar-refractivity contribution is 5.69. The van der Waals surface area contributed by atoms with Crippen molar-refractivity contribution in [2.75, 3.05) is 19.8 Å². The van der Waals surface area contributed by atoms with E-state index >= 15 is 0 Å². The SMILES string of the molecule is CC(C)(C)OC(=O)N1C[C@@H](F)C[C@H]1COCCCCCC(=O)O. The van der Waals surface area contributed by atoms with Gasteiger partial charge >= 0.3 is 12.1 Å². The summed E-state index contributed by atoms with van der Waals surface area (Å²) in [6.07, 6.45) is 1.03. The van der Waals surface area contributed by atoms with Crippen LogP contribution in [0.25, 0.3) is 0 Å². The summed E-state index contributed by atoms with van der Waals surface area (Å²) >= 11 is 0. The first-order chi connectivity index (χ1) is 10.7. The first-order valence-corrected chi connectivity index (χ1v) is 8.12. The Hall–Kier alpha value is -1.37. The van der Waals surface area contributed by atoms with Crippen LogP contribution in [0.4, 0.5) is 9.18 Å². The summed E-state index contributed by atoms with van der Waals surface area (Å²) in [5.74, 6) is -0.793. The van der Waals surface area contributed by atoms with Gasteiger partial charge in [-0.2, -0.15) is 0 Å². The number of hydrogen-bond acceptors (Lipinski definition) is 4. The topological polar surface area (TPSA) is 76.1 Å². The third-order valence-electron chi connectivity index (χ3n) is 3.48. The summed E-state index contributed by atoms with van der Waals surface area (Å²) in [7, 11) is 0. The second-order valence-corrected chi connectivity index (χ2v) is 6.90. The largest absolute Gasteiger partial charge is 0.481 e. The summed E-state index contributed by atoms with van der Waals surface area (Å²) in [5, 5.41) is 8.53. The van der Waals surface area contributed by atoms with E-state index in [-0.39, 0.29) is 32.0 Å². The molecule has 134 valence electrons. The molecule has 0 aromatic heterocycles. The van der Waals surface area contributed by atoms with Crippen LogP contribution in [0.2, 0.25) is 0 Å². The van der Waals surface area contributed by atoms with Crippen molar-refractivity contribution in [1.29, 1.82) is 0 Å². The maximum absolute atomic E-state index is 13.6. The predicted octanol–water partition coefficient (Wildman–Crippen LogP) is 3.00. The number of nitrogens with zero attached hydrogens (tertiary/aromatic N) is 1. The third kappa shape index (κ3) is 8.16. The highest BCUT2D eigenvalue weighted by atomic mass is 19.1. The molecule has 0 unspecified atom stereocenters. The second kappa shape index (κ2) is 9.05. The van der Waals surface area contributed by atoms with Crippen LogP contribution in [-0.2, 0) is 14.3 Å². The van der Waals surface area contributed by atoms with Gasteiger partial charge in [-0.3, -0.25) is 9.69 Å². The van der Waals surface area contributed by atoms with E-state index in [0.29, 0.717) is 13.0 Å². The Labute approximate surface area is 136 Å². The van der Waals surface area contributed by atoms with Gasteiger partial charge in [0.25, 0.3) is 0 Å². The molecule has 1 heterocycles. The molecule has 1 N–H and O–H groups in total. The minimum absolute atomic E-state index is 0.0432. The van der Waals surface area contributed by atoms with Crippen molar-refractivity contribution >= 4 is 12.1 Å². The average Bonchev–Trinajstić information content (AvgIpc) is 2.76. The smallest absolute Gasteiger partial charge is 0.410 e. The van der Waals surface area contributed by atoms with Crippen LogP contribution in [0.15, 0.2) is 0 Å². The first-order valence-electron chi connectivity index (χ1n) is 8.12. The quantitative estimate of drug-likeness (QED) is 0.691. The van der Waals surface area contributed by atoms with Gasteiger partial charge in [0.1, 0.15) is 11.8 Å². The van der Waals surface area contributed by atoms with E-state index in [1.54, 1.807) is 20.8 Å². The van der Waals surface area contributed by atoms with Crippen LogP contribution in [-0.4, -0.2) is 59.6 Å². The predicted molar refractivity (Wildman–Crippen MR) is 83.2 cm³/mol. The summed E-state index contributed by atoms with van der Waals surface area (Å²) < 4.78 is 24.4. The minimum atomic E-state index is -1.05. The molecule has 0 aromatic rings. The number of likely N-dealkylation sites (tertiary alicyclic amines) is 1. The Morgan fingerprint density at radius 2 is 1.96 bits per heavy atom. The Bertz CT molecular complexity index is 396. The van der Waals surface area contributed by atoms with Crippen LogP contribution in [0.3, 0.4) is 0 Å². The maximum atomic E-state index is 13.6. The van der Waals surface area contributed by atoms with Crippen LogP contribution >= 0.6 is 0 Å². The number of amides is 1. The lowest BCUT2D eigenvalue weighted by Gasteiger charge is -2.28. The molecule has 0 saturated carbocycles.